The van der Waals surface area contributed by atoms with Crippen LogP contribution in [0.4, 0.5) is 4.39 Å². The molecule has 0 aliphatic carbocycles. The highest BCUT2D eigenvalue weighted by molar-refractivity contribution is 5.35. The molecule has 1 unspecified atom stereocenters. The van der Waals surface area contributed by atoms with Crippen molar-refractivity contribution in [2.75, 3.05) is 6.61 Å². The van der Waals surface area contributed by atoms with Crippen LogP contribution in [0.1, 0.15) is 46.1 Å². The summed E-state index contributed by atoms with van der Waals surface area (Å²) in [5.41, 5.74) is 6.99. The predicted molar refractivity (Wildman–Crippen MR) is 77.9 cm³/mol. The minimum absolute atomic E-state index is 0.0479. The third-order valence-electron chi connectivity index (χ3n) is 3.15. The summed E-state index contributed by atoms with van der Waals surface area (Å²) in [6.45, 7) is 8.99. The Morgan fingerprint density at radius 1 is 1.32 bits per heavy atom. The van der Waals surface area contributed by atoms with Crippen LogP contribution < -0.4 is 10.5 Å². The maximum atomic E-state index is 13.9. The Morgan fingerprint density at radius 2 is 2.00 bits per heavy atom. The third-order valence-corrected chi connectivity index (χ3v) is 3.15. The van der Waals surface area contributed by atoms with Crippen LogP contribution in [0.15, 0.2) is 18.2 Å². The van der Waals surface area contributed by atoms with Gasteiger partial charge >= 0.3 is 0 Å². The first-order valence-electron chi connectivity index (χ1n) is 6.99. The first-order chi connectivity index (χ1) is 8.83. The summed E-state index contributed by atoms with van der Waals surface area (Å²) in [5.74, 6) is 0.0744. The fourth-order valence-corrected chi connectivity index (χ4v) is 1.76. The van der Waals surface area contributed by atoms with Gasteiger partial charge in [-0.3, -0.25) is 0 Å². The van der Waals surface area contributed by atoms with E-state index in [1.165, 1.54) is 6.07 Å². The van der Waals surface area contributed by atoms with E-state index in [-0.39, 0.29) is 17.3 Å². The summed E-state index contributed by atoms with van der Waals surface area (Å²) in [7, 11) is 0. The van der Waals surface area contributed by atoms with Crippen LogP contribution in [0.2, 0.25) is 0 Å². The number of ether oxygens (including phenoxy) is 1. The van der Waals surface area contributed by atoms with Gasteiger partial charge in [0.2, 0.25) is 0 Å². The molecule has 1 aromatic rings. The molecule has 108 valence electrons. The molecule has 0 saturated carbocycles. The molecule has 2 N–H and O–H groups in total. The molecule has 0 fully saturated rings. The Hall–Kier alpha value is -1.09. The highest BCUT2D eigenvalue weighted by atomic mass is 19.1. The van der Waals surface area contributed by atoms with E-state index in [0.717, 1.165) is 18.4 Å². The van der Waals surface area contributed by atoms with E-state index in [1.54, 1.807) is 6.07 Å². The summed E-state index contributed by atoms with van der Waals surface area (Å²) in [6, 6.07) is 5.09. The Balaban J connectivity index is 2.74. The molecular weight excluding hydrogens is 241 g/mol. The van der Waals surface area contributed by atoms with E-state index in [4.69, 9.17) is 10.5 Å². The van der Waals surface area contributed by atoms with Gasteiger partial charge in [-0.1, -0.05) is 39.8 Å². The lowest BCUT2D eigenvalue weighted by molar-refractivity contribution is 0.233. The van der Waals surface area contributed by atoms with Crippen molar-refractivity contribution in [3.63, 3.8) is 0 Å². The van der Waals surface area contributed by atoms with Gasteiger partial charge < -0.3 is 10.5 Å². The van der Waals surface area contributed by atoms with Crippen molar-refractivity contribution < 1.29 is 9.13 Å². The van der Waals surface area contributed by atoms with E-state index in [1.807, 2.05) is 13.0 Å². The zero-order valence-electron chi connectivity index (χ0n) is 12.5. The molecular formula is C16H26FNO. The van der Waals surface area contributed by atoms with E-state index >= 15 is 0 Å². The fraction of sp³-hybridized carbons (Fsp3) is 0.625. The molecule has 0 bridgehead atoms. The Bertz CT molecular complexity index is 398. The minimum atomic E-state index is -0.297. The van der Waals surface area contributed by atoms with Crippen molar-refractivity contribution in [2.45, 2.75) is 53.0 Å². The molecule has 0 aliphatic heterocycles. The summed E-state index contributed by atoms with van der Waals surface area (Å²) < 4.78 is 19.5. The minimum Gasteiger partial charge on any atom is -0.490 e. The third kappa shape index (κ3) is 5.60. The molecule has 1 rings (SSSR count). The fourth-order valence-electron chi connectivity index (χ4n) is 1.76. The van der Waals surface area contributed by atoms with Crippen LogP contribution in [0.5, 0.6) is 5.75 Å². The molecule has 3 heteroatoms. The van der Waals surface area contributed by atoms with Gasteiger partial charge in [0.25, 0.3) is 0 Å². The average Bonchev–Trinajstić information content (AvgIpc) is 2.31. The molecule has 19 heavy (non-hydrogen) atoms. The van der Waals surface area contributed by atoms with Crippen molar-refractivity contribution in [1.82, 2.24) is 0 Å². The van der Waals surface area contributed by atoms with Crippen molar-refractivity contribution >= 4 is 0 Å². The Morgan fingerprint density at radius 3 is 2.58 bits per heavy atom. The highest BCUT2D eigenvalue weighted by Crippen LogP contribution is 2.26. The first kappa shape index (κ1) is 16.0. The van der Waals surface area contributed by atoms with Gasteiger partial charge in [0.05, 0.1) is 6.61 Å². The predicted octanol–water partition coefficient (Wildman–Crippen LogP) is 3.92. The summed E-state index contributed by atoms with van der Waals surface area (Å²) in [6.07, 6.45) is 2.41. The topological polar surface area (TPSA) is 35.2 Å². The zero-order valence-corrected chi connectivity index (χ0v) is 12.5. The SMILES string of the molecule is CCC(N)Cc1cccc(F)c1OCCC(C)(C)C. The van der Waals surface area contributed by atoms with Crippen LogP contribution in [-0.4, -0.2) is 12.6 Å². The van der Waals surface area contributed by atoms with Crippen LogP contribution >= 0.6 is 0 Å². The van der Waals surface area contributed by atoms with E-state index in [9.17, 15) is 4.39 Å². The summed E-state index contributed by atoms with van der Waals surface area (Å²) in [5, 5.41) is 0. The number of hydrogen-bond donors (Lipinski definition) is 1. The highest BCUT2D eigenvalue weighted by Gasteiger charge is 2.15. The smallest absolute Gasteiger partial charge is 0.165 e. The van der Waals surface area contributed by atoms with Gasteiger partial charge in [0.1, 0.15) is 0 Å². The molecule has 0 saturated heterocycles. The van der Waals surface area contributed by atoms with E-state index in [2.05, 4.69) is 20.8 Å². The van der Waals surface area contributed by atoms with Crippen molar-refractivity contribution in [3.05, 3.63) is 29.6 Å². The molecule has 0 amide bonds. The van der Waals surface area contributed by atoms with Crippen LogP contribution in [0, 0.1) is 11.2 Å². The molecule has 0 aliphatic rings. The Kier molecular flexibility index (Phi) is 5.80. The summed E-state index contributed by atoms with van der Waals surface area (Å²) in [4.78, 5) is 0. The molecule has 0 spiro atoms. The van der Waals surface area contributed by atoms with Gasteiger partial charge in [-0.05, 0) is 36.3 Å². The number of rotatable bonds is 6. The maximum Gasteiger partial charge on any atom is 0.165 e. The molecule has 1 aromatic carbocycles. The van der Waals surface area contributed by atoms with Gasteiger partial charge in [-0.15, -0.1) is 0 Å². The molecule has 0 radical (unpaired) electrons. The zero-order chi connectivity index (χ0) is 14.5. The van der Waals surface area contributed by atoms with E-state index < -0.39 is 0 Å². The molecule has 2 nitrogen and oxygen atoms in total. The second-order valence-electron chi connectivity index (χ2n) is 6.26. The maximum absolute atomic E-state index is 13.9. The number of hydrogen-bond acceptors (Lipinski definition) is 2. The number of para-hydroxylation sites is 1. The monoisotopic (exact) mass is 267 g/mol. The molecule has 1 atom stereocenters. The number of benzene rings is 1. The van der Waals surface area contributed by atoms with Gasteiger partial charge in [0, 0.05) is 6.04 Å². The average molecular weight is 267 g/mol. The second-order valence-corrected chi connectivity index (χ2v) is 6.26. The van der Waals surface area contributed by atoms with Crippen LogP contribution in [0.25, 0.3) is 0 Å². The van der Waals surface area contributed by atoms with Gasteiger partial charge in [0.15, 0.2) is 11.6 Å². The first-order valence-corrected chi connectivity index (χ1v) is 6.99. The largest absolute Gasteiger partial charge is 0.490 e. The second kappa shape index (κ2) is 6.90. The van der Waals surface area contributed by atoms with Crippen LogP contribution in [-0.2, 0) is 6.42 Å². The number of halogens is 1. The van der Waals surface area contributed by atoms with Crippen molar-refractivity contribution in [1.29, 1.82) is 0 Å². The lowest BCUT2D eigenvalue weighted by Gasteiger charge is -2.20. The standard InChI is InChI=1S/C16H26FNO/c1-5-13(18)11-12-7-6-8-14(17)15(12)19-10-9-16(2,3)4/h6-8,13H,5,9-11,18H2,1-4H3. The molecule has 0 aromatic heterocycles. The van der Waals surface area contributed by atoms with Crippen LogP contribution in [0.3, 0.4) is 0 Å². The normalized spacial score (nSPS) is 13.4. The lowest BCUT2D eigenvalue weighted by Crippen LogP contribution is -2.22. The lowest BCUT2D eigenvalue weighted by atomic mass is 9.93. The Labute approximate surface area is 116 Å². The van der Waals surface area contributed by atoms with Crippen molar-refractivity contribution in [3.8, 4) is 5.75 Å². The molecule has 0 heterocycles. The van der Waals surface area contributed by atoms with Gasteiger partial charge in [-0.25, -0.2) is 4.39 Å². The van der Waals surface area contributed by atoms with E-state index in [0.29, 0.717) is 18.8 Å². The quantitative estimate of drug-likeness (QED) is 0.848. The number of nitrogens with two attached hydrogens (primary N) is 1. The van der Waals surface area contributed by atoms with Gasteiger partial charge in [-0.2, -0.15) is 0 Å². The van der Waals surface area contributed by atoms with Crippen molar-refractivity contribution in [2.24, 2.45) is 11.1 Å². The summed E-state index contributed by atoms with van der Waals surface area (Å²) >= 11 is 0.